The third kappa shape index (κ3) is 3.75. The highest BCUT2D eigenvalue weighted by molar-refractivity contribution is 7.89. The van der Waals surface area contributed by atoms with E-state index in [0.29, 0.717) is 24.5 Å². The minimum atomic E-state index is -3.68. The van der Waals surface area contributed by atoms with Crippen molar-refractivity contribution in [1.29, 1.82) is 5.26 Å². The van der Waals surface area contributed by atoms with E-state index in [0.717, 1.165) is 0 Å². The molecule has 1 amide bonds. The van der Waals surface area contributed by atoms with Crippen LogP contribution in [-0.2, 0) is 14.8 Å². The van der Waals surface area contributed by atoms with Gasteiger partial charge in [-0.15, -0.1) is 0 Å². The lowest BCUT2D eigenvalue weighted by Gasteiger charge is -2.26. The van der Waals surface area contributed by atoms with Gasteiger partial charge in [0.1, 0.15) is 6.07 Å². The zero-order valence-corrected chi connectivity index (χ0v) is 14.7. The molecule has 134 valence electrons. The van der Waals surface area contributed by atoms with Crippen LogP contribution in [0.3, 0.4) is 0 Å². The van der Waals surface area contributed by atoms with E-state index in [1.54, 1.807) is 24.3 Å². The van der Waals surface area contributed by atoms with E-state index >= 15 is 0 Å². The molecule has 1 aliphatic rings. The van der Waals surface area contributed by atoms with Crippen molar-refractivity contribution in [3.63, 3.8) is 0 Å². The molecule has 1 heterocycles. The molecule has 2 aromatic carbocycles. The quantitative estimate of drug-likeness (QED) is 0.884. The summed E-state index contributed by atoms with van der Waals surface area (Å²) in [5, 5.41) is 11.7. The lowest BCUT2D eigenvalue weighted by atomic mass is 10.1. The van der Waals surface area contributed by atoms with Gasteiger partial charge >= 0.3 is 0 Å². The Morgan fingerprint density at radius 1 is 1.12 bits per heavy atom. The maximum absolute atomic E-state index is 12.7. The van der Waals surface area contributed by atoms with Gasteiger partial charge < -0.3 is 10.1 Å². The van der Waals surface area contributed by atoms with Crippen LogP contribution >= 0.6 is 0 Å². The molecule has 0 aliphatic carbocycles. The van der Waals surface area contributed by atoms with Crippen molar-refractivity contribution in [2.75, 3.05) is 31.6 Å². The summed E-state index contributed by atoms with van der Waals surface area (Å²) < 4.78 is 32.0. The Balaban J connectivity index is 1.85. The monoisotopic (exact) mass is 371 g/mol. The van der Waals surface area contributed by atoms with Crippen LogP contribution in [0.1, 0.15) is 15.9 Å². The van der Waals surface area contributed by atoms with Crippen LogP contribution < -0.4 is 5.32 Å². The van der Waals surface area contributed by atoms with Crippen LogP contribution in [0.15, 0.2) is 53.4 Å². The third-order valence-corrected chi connectivity index (χ3v) is 5.89. The van der Waals surface area contributed by atoms with Gasteiger partial charge in [0.05, 0.1) is 29.4 Å². The normalized spacial score (nSPS) is 15.2. The summed E-state index contributed by atoms with van der Waals surface area (Å²) in [6.45, 7) is 1.28. The molecule has 0 saturated carbocycles. The van der Waals surface area contributed by atoms with Gasteiger partial charge in [0, 0.05) is 18.7 Å². The molecule has 26 heavy (non-hydrogen) atoms. The number of para-hydroxylation sites is 1. The van der Waals surface area contributed by atoms with E-state index in [4.69, 9.17) is 10.00 Å². The van der Waals surface area contributed by atoms with Gasteiger partial charge in [-0.3, -0.25) is 4.79 Å². The molecule has 1 N–H and O–H groups in total. The first-order valence-electron chi connectivity index (χ1n) is 8.01. The Labute approximate surface area is 151 Å². The number of anilines is 1. The van der Waals surface area contributed by atoms with Crippen LogP contribution in [0.25, 0.3) is 0 Å². The summed E-state index contributed by atoms with van der Waals surface area (Å²) in [5.74, 6) is -0.480. The summed E-state index contributed by atoms with van der Waals surface area (Å²) in [7, 11) is -3.68. The molecule has 2 aromatic rings. The molecule has 1 fully saturated rings. The van der Waals surface area contributed by atoms with Gasteiger partial charge in [0.15, 0.2) is 0 Å². The number of carbonyl (C=O) groups is 1. The van der Waals surface area contributed by atoms with Crippen molar-refractivity contribution in [3.05, 3.63) is 59.7 Å². The summed E-state index contributed by atoms with van der Waals surface area (Å²) in [5.41, 5.74) is 0.909. The van der Waals surface area contributed by atoms with E-state index in [9.17, 15) is 13.2 Å². The smallest absolute Gasteiger partial charge is 0.255 e. The number of hydrogen-bond acceptors (Lipinski definition) is 5. The van der Waals surface area contributed by atoms with Crippen LogP contribution in [0.4, 0.5) is 5.69 Å². The number of hydrogen-bond donors (Lipinski definition) is 1. The van der Waals surface area contributed by atoms with Crippen LogP contribution in [0.2, 0.25) is 0 Å². The minimum Gasteiger partial charge on any atom is -0.379 e. The first-order chi connectivity index (χ1) is 12.5. The van der Waals surface area contributed by atoms with Crippen LogP contribution in [0, 0.1) is 11.3 Å². The molecular weight excluding hydrogens is 354 g/mol. The fourth-order valence-electron chi connectivity index (χ4n) is 2.62. The molecule has 1 saturated heterocycles. The van der Waals surface area contributed by atoms with Crippen LogP contribution in [-0.4, -0.2) is 44.9 Å². The molecule has 7 nitrogen and oxygen atoms in total. The Morgan fingerprint density at radius 2 is 1.85 bits per heavy atom. The molecule has 0 bridgehead atoms. The van der Waals surface area contributed by atoms with Gasteiger partial charge in [0.2, 0.25) is 10.0 Å². The van der Waals surface area contributed by atoms with E-state index in [1.165, 1.54) is 28.6 Å². The molecule has 3 rings (SSSR count). The number of benzene rings is 2. The Kier molecular flexibility index (Phi) is 5.32. The lowest BCUT2D eigenvalue weighted by Crippen LogP contribution is -2.40. The van der Waals surface area contributed by atoms with E-state index in [1.807, 2.05) is 6.07 Å². The molecular formula is C18H17N3O4S. The van der Waals surface area contributed by atoms with Crippen molar-refractivity contribution in [1.82, 2.24) is 4.31 Å². The molecule has 0 aromatic heterocycles. The number of morpholine rings is 1. The van der Waals surface area contributed by atoms with E-state index in [2.05, 4.69) is 5.32 Å². The Morgan fingerprint density at radius 3 is 2.58 bits per heavy atom. The first kappa shape index (κ1) is 18.1. The number of rotatable bonds is 4. The molecule has 0 unspecified atom stereocenters. The van der Waals surface area contributed by atoms with Gasteiger partial charge in [-0.2, -0.15) is 9.57 Å². The summed E-state index contributed by atoms with van der Waals surface area (Å²) >= 11 is 0. The topological polar surface area (TPSA) is 99.5 Å². The second kappa shape index (κ2) is 7.66. The largest absolute Gasteiger partial charge is 0.379 e. The molecule has 8 heteroatoms. The zero-order valence-electron chi connectivity index (χ0n) is 13.9. The highest BCUT2D eigenvalue weighted by atomic mass is 32.2. The fourth-order valence-corrected chi connectivity index (χ4v) is 4.07. The number of sulfonamides is 1. The summed E-state index contributed by atoms with van der Waals surface area (Å²) in [6.07, 6.45) is 0. The van der Waals surface area contributed by atoms with Gasteiger partial charge in [-0.05, 0) is 30.3 Å². The highest BCUT2D eigenvalue weighted by Gasteiger charge is 2.26. The molecule has 0 spiro atoms. The van der Waals surface area contributed by atoms with Crippen molar-refractivity contribution < 1.29 is 17.9 Å². The fraction of sp³-hybridized carbons (Fsp3) is 0.222. The number of amides is 1. The number of carbonyl (C=O) groups excluding carboxylic acids is 1. The summed E-state index contributed by atoms with van der Waals surface area (Å²) in [6, 6.07) is 14.5. The summed E-state index contributed by atoms with van der Waals surface area (Å²) in [4.78, 5) is 12.5. The van der Waals surface area contributed by atoms with Crippen molar-refractivity contribution in [2.24, 2.45) is 0 Å². The second-order valence-corrected chi connectivity index (χ2v) is 7.59. The third-order valence-electron chi connectivity index (χ3n) is 4.00. The lowest BCUT2D eigenvalue weighted by molar-refractivity contribution is 0.0730. The van der Waals surface area contributed by atoms with E-state index in [-0.39, 0.29) is 23.5 Å². The second-order valence-electron chi connectivity index (χ2n) is 5.66. The highest BCUT2D eigenvalue weighted by Crippen LogP contribution is 2.20. The van der Waals surface area contributed by atoms with Crippen molar-refractivity contribution >= 4 is 21.6 Å². The standard InChI is InChI=1S/C18H17N3O4S/c19-13-15-4-1-2-7-17(15)20-18(22)14-5-3-6-16(12-14)26(23,24)21-8-10-25-11-9-21/h1-7,12H,8-11H2,(H,20,22). The molecule has 0 atom stereocenters. The SMILES string of the molecule is N#Cc1ccccc1NC(=O)c1cccc(S(=O)(=O)N2CCOCC2)c1. The Hall–Kier alpha value is -2.73. The van der Waals surface area contributed by atoms with E-state index < -0.39 is 15.9 Å². The van der Waals surface area contributed by atoms with Gasteiger partial charge in [0.25, 0.3) is 5.91 Å². The zero-order chi connectivity index (χ0) is 18.6. The Bertz CT molecular complexity index is 960. The molecule has 1 aliphatic heterocycles. The number of nitriles is 1. The number of nitrogens with one attached hydrogen (secondary N) is 1. The average Bonchev–Trinajstić information content (AvgIpc) is 2.69. The maximum Gasteiger partial charge on any atom is 0.255 e. The molecule has 0 radical (unpaired) electrons. The van der Waals surface area contributed by atoms with Gasteiger partial charge in [-0.1, -0.05) is 18.2 Å². The predicted octanol–water partition coefficient (Wildman–Crippen LogP) is 1.83. The van der Waals surface area contributed by atoms with Crippen molar-refractivity contribution in [3.8, 4) is 6.07 Å². The van der Waals surface area contributed by atoms with Gasteiger partial charge in [-0.25, -0.2) is 8.42 Å². The number of nitrogens with zero attached hydrogens (tertiary/aromatic N) is 2. The number of ether oxygens (including phenoxy) is 1. The predicted molar refractivity (Wildman–Crippen MR) is 95.1 cm³/mol. The first-order valence-corrected chi connectivity index (χ1v) is 9.45. The average molecular weight is 371 g/mol. The maximum atomic E-state index is 12.7. The van der Waals surface area contributed by atoms with Crippen molar-refractivity contribution in [2.45, 2.75) is 4.90 Å². The minimum absolute atomic E-state index is 0.0561. The van der Waals surface area contributed by atoms with Crippen LogP contribution in [0.5, 0.6) is 0 Å².